The lowest BCUT2D eigenvalue weighted by Crippen LogP contribution is -2.20. The normalized spacial score (nSPS) is 23.6. The number of alkyl halides is 3. The van der Waals surface area contributed by atoms with Gasteiger partial charge < -0.3 is 5.11 Å². The third-order valence-electron chi connectivity index (χ3n) is 0.479. The number of rotatable bonds is 1. The highest BCUT2D eigenvalue weighted by Crippen LogP contribution is 2.28. The molecule has 0 aromatic heterocycles. The molecule has 0 amide bonds. The van der Waals surface area contributed by atoms with E-state index in [1.54, 1.807) is 6.92 Å². The summed E-state index contributed by atoms with van der Waals surface area (Å²) in [6, 6.07) is 0. The van der Waals surface area contributed by atoms with Gasteiger partial charge in [-0.1, -0.05) is 27.5 Å². The van der Waals surface area contributed by atoms with E-state index >= 15 is 0 Å². The molecule has 2 unspecified atom stereocenters. The molecule has 2 atom stereocenters. The van der Waals surface area contributed by atoms with E-state index in [1.807, 2.05) is 0 Å². The average molecular weight is 252 g/mol. The molecule has 44 valence electrons. The largest absolute Gasteiger partial charge is 0.365 e. The molecule has 0 saturated heterocycles. The highest BCUT2D eigenvalue weighted by atomic mass is 79.9. The second-order valence-electron chi connectivity index (χ2n) is 1.20. The van der Waals surface area contributed by atoms with Gasteiger partial charge in [-0.05, 0) is 22.9 Å². The van der Waals surface area contributed by atoms with Crippen LogP contribution in [0.5, 0.6) is 0 Å². The third kappa shape index (κ3) is 3.76. The SMILES string of the molecule is CC(Br)C(O)(Cl)Br. The molecule has 0 aromatic rings. The first kappa shape index (κ1) is 8.21. The fourth-order valence-electron chi connectivity index (χ4n) is 0. The lowest BCUT2D eigenvalue weighted by Gasteiger charge is -2.13. The third-order valence-corrected chi connectivity index (χ3v) is 3.03. The van der Waals surface area contributed by atoms with Gasteiger partial charge in [0.1, 0.15) is 0 Å². The molecule has 1 nitrogen and oxygen atoms in total. The van der Waals surface area contributed by atoms with E-state index in [1.165, 1.54) is 0 Å². The molecule has 0 saturated carbocycles. The van der Waals surface area contributed by atoms with E-state index in [0.717, 1.165) is 0 Å². The van der Waals surface area contributed by atoms with Gasteiger partial charge in [0, 0.05) is 0 Å². The molecule has 0 aliphatic rings. The van der Waals surface area contributed by atoms with Crippen molar-refractivity contribution in [2.24, 2.45) is 0 Å². The zero-order valence-corrected chi connectivity index (χ0v) is 7.59. The Bertz CT molecular complexity index is 58.4. The summed E-state index contributed by atoms with van der Waals surface area (Å²) in [6.45, 7) is 1.74. The second-order valence-corrected chi connectivity index (χ2v) is 4.82. The minimum atomic E-state index is -1.30. The highest BCUT2D eigenvalue weighted by molar-refractivity contribution is 9.12. The Labute approximate surface area is 64.3 Å². The molecule has 7 heavy (non-hydrogen) atoms. The Morgan fingerprint density at radius 2 is 2.00 bits per heavy atom. The van der Waals surface area contributed by atoms with E-state index in [0.29, 0.717) is 0 Å². The summed E-state index contributed by atoms with van der Waals surface area (Å²) in [5.74, 6) is 0. The molecule has 0 fully saturated rings. The van der Waals surface area contributed by atoms with Crippen LogP contribution in [0.25, 0.3) is 0 Å². The van der Waals surface area contributed by atoms with Gasteiger partial charge in [0.25, 0.3) is 0 Å². The molecule has 0 bridgehead atoms. The zero-order valence-electron chi connectivity index (χ0n) is 3.66. The molecule has 0 rings (SSSR count). The van der Waals surface area contributed by atoms with E-state index in [-0.39, 0.29) is 4.83 Å². The van der Waals surface area contributed by atoms with Crippen LogP contribution in [0.4, 0.5) is 0 Å². The summed E-state index contributed by atoms with van der Waals surface area (Å²) in [5.41, 5.74) is 0. The molecule has 0 aromatic carbocycles. The van der Waals surface area contributed by atoms with E-state index in [9.17, 15) is 0 Å². The van der Waals surface area contributed by atoms with Gasteiger partial charge in [0.05, 0.1) is 4.83 Å². The Balaban J connectivity index is 3.54. The van der Waals surface area contributed by atoms with Gasteiger partial charge in [-0.2, -0.15) is 0 Å². The Morgan fingerprint density at radius 1 is 1.86 bits per heavy atom. The predicted molar refractivity (Wildman–Crippen MR) is 38.1 cm³/mol. The maximum absolute atomic E-state index is 8.73. The molecule has 0 radical (unpaired) electrons. The summed E-state index contributed by atoms with van der Waals surface area (Å²) in [4.78, 5) is -0.151. The van der Waals surface area contributed by atoms with E-state index < -0.39 is 3.97 Å². The summed E-state index contributed by atoms with van der Waals surface area (Å²) in [7, 11) is 0. The fourth-order valence-corrected chi connectivity index (χ4v) is 0. The molecular weight excluding hydrogens is 247 g/mol. The lowest BCUT2D eigenvalue weighted by molar-refractivity contribution is 0.233. The minimum Gasteiger partial charge on any atom is -0.365 e. The van der Waals surface area contributed by atoms with Crippen LogP contribution in [0.15, 0.2) is 0 Å². The Kier molecular flexibility index (Phi) is 3.13. The van der Waals surface area contributed by atoms with Gasteiger partial charge >= 0.3 is 0 Å². The average Bonchev–Trinajstić information content (AvgIpc) is 1.31. The second kappa shape index (κ2) is 2.67. The van der Waals surface area contributed by atoms with Crippen LogP contribution in [-0.2, 0) is 0 Å². The molecule has 0 heterocycles. The van der Waals surface area contributed by atoms with Crippen molar-refractivity contribution < 1.29 is 5.11 Å². The Morgan fingerprint density at radius 3 is 2.00 bits per heavy atom. The van der Waals surface area contributed by atoms with Crippen LogP contribution in [0.3, 0.4) is 0 Å². The number of hydrogen-bond donors (Lipinski definition) is 1. The van der Waals surface area contributed by atoms with Crippen molar-refractivity contribution in [3.05, 3.63) is 0 Å². The van der Waals surface area contributed by atoms with Gasteiger partial charge in [0.15, 0.2) is 0 Å². The van der Waals surface area contributed by atoms with Crippen LogP contribution in [0.2, 0.25) is 0 Å². The zero-order chi connectivity index (χ0) is 6.08. The lowest BCUT2D eigenvalue weighted by atomic mass is 10.5. The van der Waals surface area contributed by atoms with Gasteiger partial charge in [-0.25, -0.2) is 0 Å². The number of halogens is 3. The predicted octanol–water partition coefficient (Wildman–Crippen LogP) is 2.05. The smallest absolute Gasteiger partial charge is 0.207 e. The summed E-state index contributed by atoms with van der Waals surface area (Å²) in [6.07, 6.45) is 0. The van der Waals surface area contributed by atoms with Crippen LogP contribution < -0.4 is 0 Å². The first-order valence-electron chi connectivity index (χ1n) is 1.69. The summed E-state index contributed by atoms with van der Waals surface area (Å²) in [5, 5.41) is 8.73. The molecule has 0 aliphatic carbocycles. The molecule has 0 spiro atoms. The van der Waals surface area contributed by atoms with Crippen molar-refractivity contribution in [3.63, 3.8) is 0 Å². The van der Waals surface area contributed by atoms with E-state index in [4.69, 9.17) is 16.7 Å². The van der Waals surface area contributed by atoms with Gasteiger partial charge in [0.2, 0.25) is 3.97 Å². The van der Waals surface area contributed by atoms with Crippen molar-refractivity contribution in [1.82, 2.24) is 0 Å². The van der Waals surface area contributed by atoms with Gasteiger partial charge in [-0.15, -0.1) is 0 Å². The molecule has 0 aliphatic heterocycles. The number of hydrogen-bond acceptors (Lipinski definition) is 1. The number of aliphatic hydroxyl groups is 1. The first-order valence-corrected chi connectivity index (χ1v) is 3.77. The van der Waals surface area contributed by atoms with Crippen molar-refractivity contribution in [3.8, 4) is 0 Å². The maximum atomic E-state index is 8.73. The van der Waals surface area contributed by atoms with Crippen LogP contribution >= 0.6 is 43.5 Å². The van der Waals surface area contributed by atoms with E-state index in [2.05, 4.69) is 31.9 Å². The Hall–Kier alpha value is 1.21. The monoisotopic (exact) mass is 250 g/mol. The van der Waals surface area contributed by atoms with Crippen molar-refractivity contribution in [2.75, 3.05) is 0 Å². The van der Waals surface area contributed by atoms with Crippen LogP contribution in [0, 0.1) is 0 Å². The maximum Gasteiger partial charge on any atom is 0.207 e. The van der Waals surface area contributed by atoms with Crippen molar-refractivity contribution in [2.45, 2.75) is 15.7 Å². The van der Waals surface area contributed by atoms with Gasteiger partial charge in [-0.3, -0.25) is 0 Å². The first-order chi connectivity index (χ1) is 2.94. The molecule has 4 heteroatoms. The van der Waals surface area contributed by atoms with Crippen molar-refractivity contribution in [1.29, 1.82) is 0 Å². The summed E-state index contributed by atoms with van der Waals surface area (Å²) < 4.78 is -1.30. The molecular formula is C3H5Br2ClO. The topological polar surface area (TPSA) is 20.2 Å². The molecule has 1 N–H and O–H groups in total. The standard InChI is InChI=1S/C3H5Br2ClO/c1-2(4)3(5,6)7/h2,7H,1H3. The quantitative estimate of drug-likeness (QED) is 0.708. The van der Waals surface area contributed by atoms with Crippen LogP contribution in [-0.4, -0.2) is 13.9 Å². The van der Waals surface area contributed by atoms with Crippen molar-refractivity contribution >= 4 is 43.5 Å². The summed E-state index contributed by atoms with van der Waals surface area (Å²) >= 11 is 11.2. The fraction of sp³-hybridized carbons (Fsp3) is 1.00. The minimum absolute atomic E-state index is 0.151. The highest BCUT2D eigenvalue weighted by Gasteiger charge is 2.24. The van der Waals surface area contributed by atoms with Crippen LogP contribution in [0.1, 0.15) is 6.92 Å².